The molecule has 0 saturated heterocycles. The van der Waals surface area contributed by atoms with Gasteiger partial charge in [0, 0.05) is 17.4 Å². The van der Waals surface area contributed by atoms with Crippen molar-refractivity contribution in [3.63, 3.8) is 0 Å². The molecule has 0 atom stereocenters. The van der Waals surface area contributed by atoms with Gasteiger partial charge in [-0.15, -0.1) is 0 Å². The number of amides is 1. The number of carbonyl (C=O) groups is 1. The maximum Gasteiger partial charge on any atom is 0.268 e. The number of nitrogens with one attached hydrogen (secondary N) is 2. The highest BCUT2D eigenvalue weighted by molar-refractivity contribution is 6.00. The topological polar surface area (TPSA) is 44.9 Å². The van der Waals surface area contributed by atoms with E-state index in [4.69, 9.17) is 0 Å². The van der Waals surface area contributed by atoms with E-state index in [9.17, 15) is 9.18 Å². The second-order valence-corrected chi connectivity index (χ2v) is 5.27. The lowest BCUT2D eigenvalue weighted by molar-refractivity contribution is 0.0949. The molecule has 4 heteroatoms. The van der Waals surface area contributed by atoms with Crippen LogP contribution in [0, 0.1) is 12.7 Å². The summed E-state index contributed by atoms with van der Waals surface area (Å²) in [5.41, 5.74) is 3.05. The highest BCUT2D eigenvalue weighted by Gasteiger charge is 2.14. The minimum absolute atomic E-state index is 0.162. The summed E-state index contributed by atoms with van der Waals surface area (Å²) >= 11 is 0. The fourth-order valence-corrected chi connectivity index (χ4v) is 2.61. The minimum Gasteiger partial charge on any atom is -0.350 e. The fourth-order valence-electron chi connectivity index (χ4n) is 2.61. The van der Waals surface area contributed by atoms with Crippen molar-refractivity contribution in [1.82, 2.24) is 10.3 Å². The molecule has 0 saturated carbocycles. The summed E-state index contributed by atoms with van der Waals surface area (Å²) in [5, 5.41) is 3.88. The molecular weight excluding hydrogens is 279 g/mol. The van der Waals surface area contributed by atoms with E-state index < -0.39 is 0 Å². The van der Waals surface area contributed by atoms with Gasteiger partial charge in [-0.2, -0.15) is 0 Å². The van der Waals surface area contributed by atoms with Crippen molar-refractivity contribution in [2.45, 2.75) is 13.3 Å². The molecule has 2 aromatic carbocycles. The molecular formula is C18H17FN2O. The second kappa shape index (κ2) is 6.02. The first-order valence-electron chi connectivity index (χ1n) is 7.25. The van der Waals surface area contributed by atoms with Gasteiger partial charge in [-0.05, 0) is 36.6 Å². The van der Waals surface area contributed by atoms with E-state index >= 15 is 0 Å². The van der Waals surface area contributed by atoms with Crippen LogP contribution in [0.15, 0.2) is 48.5 Å². The maximum absolute atomic E-state index is 13.5. The van der Waals surface area contributed by atoms with Crippen LogP contribution in [0.2, 0.25) is 0 Å². The number of rotatable bonds is 4. The number of halogens is 1. The van der Waals surface area contributed by atoms with E-state index in [2.05, 4.69) is 10.3 Å². The van der Waals surface area contributed by atoms with Gasteiger partial charge in [0.25, 0.3) is 5.91 Å². The number of para-hydroxylation sites is 1. The molecule has 0 fully saturated rings. The zero-order chi connectivity index (χ0) is 15.5. The summed E-state index contributed by atoms with van der Waals surface area (Å²) in [6.07, 6.45) is 0.470. The predicted octanol–water partition coefficient (Wildman–Crippen LogP) is 3.59. The van der Waals surface area contributed by atoms with Crippen molar-refractivity contribution in [1.29, 1.82) is 0 Å². The number of carbonyl (C=O) groups excluding carboxylic acids is 1. The summed E-state index contributed by atoms with van der Waals surface area (Å²) in [6.45, 7) is 2.32. The minimum atomic E-state index is -0.237. The SMILES string of the molecule is Cc1c(C(=O)NCCc2ccccc2F)[nH]c2ccccc12. The highest BCUT2D eigenvalue weighted by atomic mass is 19.1. The van der Waals surface area contributed by atoms with E-state index in [0.717, 1.165) is 16.5 Å². The van der Waals surface area contributed by atoms with Crippen LogP contribution >= 0.6 is 0 Å². The summed E-state index contributed by atoms with van der Waals surface area (Å²) < 4.78 is 13.5. The largest absolute Gasteiger partial charge is 0.350 e. The van der Waals surface area contributed by atoms with Gasteiger partial charge in [-0.3, -0.25) is 4.79 Å². The van der Waals surface area contributed by atoms with Gasteiger partial charge in [-0.1, -0.05) is 36.4 Å². The smallest absolute Gasteiger partial charge is 0.268 e. The lowest BCUT2D eigenvalue weighted by Gasteiger charge is -2.06. The van der Waals surface area contributed by atoms with Crippen molar-refractivity contribution >= 4 is 16.8 Å². The van der Waals surface area contributed by atoms with Gasteiger partial charge in [0.15, 0.2) is 0 Å². The Kier molecular flexibility index (Phi) is 3.92. The van der Waals surface area contributed by atoms with Gasteiger partial charge in [0.2, 0.25) is 0 Å². The van der Waals surface area contributed by atoms with Gasteiger partial charge < -0.3 is 10.3 Å². The van der Waals surface area contributed by atoms with Crippen LogP contribution in [-0.4, -0.2) is 17.4 Å². The fraction of sp³-hybridized carbons (Fsp3) is 0.167. The molecule has 0 radical (unpaired) electrons. The summed E-state index contributed by atoms with van der Waals surface area (Å²) in [4.78, 5) is 15.4. The van der Waals surface area contributed by atoms with Crippen LogP contribution in [0.5, 0.6) is 0 Å². The molecule has 1 aromatic heterocycles. The van der Waals surface area contributed by atoms with E-state index in [0.29, 0.717) is 24.2 Å². The number of H-pyrrole nitrogens is 1. The molecule has 0 aliphatic heterocycles. The quantitative estimate of drug-likeness (QED) is 0.759. The molecule has 0 unspecified atom stereocenters. The number of aromatic nitrogens is 1. The van der Waals surface area contributed by atoms with Crippen molar-refractivity contribution < 1.29 is 9.18 Å². The van der Waals surface area contributed by atoms with Crippen LogP contribution in [-0.2, 0) is 6.42 Å². The van der Waals surface area contributed by atoms with E-state index in [1.54, 1.807) is 18.2 Å². The van der Waals surface area contributed by atoms with Crippen molar-refractivity contribution in [3.05, 3.63) is 71.2 Å². The van der Waals surface area contributed by atoms with Crippen LogP contribution in [0.4, 0.5) is 4.39 Å². The van der Waals surface area contributed by atoms with Crippen molar-refractivity contribution in [2.24, 2.45) is 0 Å². The van der Waals surface area contributed by atoms with E-state index in [-0.39, 0.29) is 11.7 Å². The Morgan fingerprint density at radius 3 is 2.64 bits per heavy atom. The van der Waals surface area contributed by atoms with E-state index in [1.165, 1.54) is 6.07 Å². The molecule has 2 N–H and O–H groups in total. The zero-order valence-corrected chi connectivity index (χ0v) is 12.3. The Bertz CT molecular complexity index is 823. The van der Waals surface area contributed by atoms with Crippen LogP contribution in [0.1, 0.15) is 21.6 Å². The molecule has 3 aromatic rings. The molecule has 1 heterocycles. The standard InChI is InChI=1S/C18H17FN2O/c1-12-14-7-3-5-9-16(14)21-17(12)18(22)20-11-10-13-6-2-4-8-15(13)19/h2-9,21H,10-11H2,1H3,(H,20,22). The summed E-state index contributed by atoms with van der Waals surface area (Å²) in [5.74, 6) is -0.399. The second-order valence-electron chi connectivity index (χ2n) is 5.27. The van der Waals surface area contributed by atoms with Gasteiger partial charge in [0.1, 0.15) is 11.5 Å². The first-order valence-corrected chi connectivity index (χ1v) is 7.25. The number of fused-ring (bicyclic) bond motifs is 1. The predicted molar refractivity (Wildman–Crippen MR) is 85.5 cm³/mol. The summed E-state index contributed by atoms with van der Waals surface area (Å²) in [7, 11) is 0. The molecule has 0 aliphatic carbocycles. The number of aromatic amines is 1. The monoisotopic (exact) mass is 296 g/mol. The Morgan fingerprint density at radius 2 is 1.86 bits per heavy atom. The summed E-state index contributed by atoms with van der Waals surface area (Å²) in [6, 6.07) is 14.4. The van der Waals surface area contributed by atoms with Gasteiger partial charge in [0.05, 0.1) is 0 Å². The Morgan fingerprint density at radius 1 is 1.14 bits per heavy atom. The van der Waals surface area contributed by atoms with Crippen molar-refractivity contribution in [2.75, 3.05) is 6.54 Å². The average molecular weight is 296 g/mol. The van der Waals surface area contributed by atoms with Crippen LogP contribution in [0.3, 0.4) is 0 Å². The van der Waals surface area contributed by atoms with Crippen LogP contribution in [0.25, 0.3) is 10.9 Å². The molecule has 0 spiro atoms. The molecule has 3 nitrogen and oxygen atoms in total. The molecule has 1 amide bonds. The lowest BCUT2D eigenvalue weighted by Crippen LogP contribution is -2.26. The number of hydrogen-bond acceptors (Lipinski definition) is 1. The number of aryl methyl sites for hydroxylation is 1. The number of hydrogen-bond donors (Lipinski definition) is 2. The first kappa shape index (κ1) is 14.3. The maximum atomic E-state index is 13.5. The van der Waals surface area contributed by atoms with Gasteiger partial charge >= 0.3 is 0 Å². The normalized spacial score (nSPS) is 10.8. The van der Waals surface area contributed by atoms with E-state index in [1.807, 2.05) is 31.2 Å². The first-order chi connectivity index (χ1) is 10.7. The molecule has 112 valence electrons. The third-order valence-electron chi connectivity index (χ3n) is 3.83. The molecule has 3 rings (SSSR count). The lowest BCUT2D eigenvalue weighted by atomic mass is 10.1. The average Bonchev–Trinajstić information content (AvgIpc) is 2.87. The highest BCUT2D eigenvalue weighted by Crippen LogP contribution is 2.21. The Labute approximate surface area is 128 Å². The molecule has 22 heavy (non-hydrogen) atoms. The molecule has 0 aliphatic rings. The zero-order valence-electron chi connectivity index (χ0n) is 12.3. The Hall–Kier alpha value is -2.62. The number of benzene rings is 2. The Balaban J connectivity index is 1.69. The van der Waals surface area contributed by atoms with Crippen molar-refractivity contribution in [3.8, 4) is 0 Å². The molecule has 0 bridgehead atoms. The van der Waals surface area contributed by atoms with Gasteiger partial charge in [-0.25, -0.2) is 4.39 Å². The third-order valence-corrected chi connectivity index (χ3v) is 3.83. The third kappa shape index (κ3) is 2.72. The van der Waals surface area contributed by atoms with Crippen LogP contribution < -0.4 is 5.32 Å².